The van der Waals surface area contributed by atoms with Crippen LogP contribution in [0, 0.1) is 0 Å². The molecule has 0 amide bonds. The molecule has 1 rings (SSSR count). The molecule has 0 aromatic heterocycles. The van der Waals surface area contributed by atoms with Crippen molar-refractivity contribution in [2.75, 3.05) is 6.61 Å². The Hall–Kier alpha value is -0.600. The number of aliphatic hydroxyl groups excluding tert-OH is 1. The topological polar surface area (TPSA) is 20.2 Å². The van der Waals surface area contributed by atoms with Crippen LogP contribution in [0.3, 0.4) is 0 Å². The molecule has 0 unspecified atom stereocenters. The molecule has 0 aliphatic rings. The zero-order chi connectivity index (χ0) is 8.97. The molecule has 1 nitrogen and oxygen atoms in total. The van der Waals surface area contributed by atoms with Crippen LogP contribution >= 0.6 is 15.9 Å². The van der Waals surface area contributed by atoms with Crippen LogP contribution in [0.4, 0.5) is 0 Å². The first-order valence-corrected chi connectivity index (χ1v) is 4.58. The van der Waals surface area contributed by atoms with E-state index in [1.165, 1.54) is 0 Å². The van der Waals surface area contributed by atoms with Crippen molar-refractivity contribution in [1.82, 2.24) is 0 Å². The molecule has 1 aromatic rings. The van der Waals surface area contributed by atoms with E-state index < -0.39 is 0 Å². The average molecular weight is 227 g/mol. The third kappa shape index (κ3) is 2.47. The van der Waals surface area contributed by atoms with Crippen molar-refractivity contribution in [2.45, 2.75) is 6.42 Å². The first-order chi connectivity index (χ1) is 5.74. The van der Waals surface area contributed by atoms with E-state index in [2.05, 4.69) is 22.5 Å². The van der Waals surface area contributed by atoms with Crippen LogP contribution in [0.5, 0.6) is 0 Å². The van der Waals surface area contributed by atoms with Crippen molar-refractivity contribution < 1.29 is 5.11 Å². The molecule has 0 atom stereocenters. The molecule has 0 radical (unpaired) electrons. The summed E-state index contributed by atoms with van der Waals surface area (Å²) in [4.78, 5) is 0. The van der Waals surface area contributed by atoms with Gasteiger partial charge < -0.3 is 5.11 Å². The third-order valence-corrected chi connectivity index (χ3v) is 2.19. The van der Waals surface area contributed by atoms with E-state index >= 15 is 0 Å². The Bertz CT molecular complexity index is 264. The average Bonchev–Trinajstić information content (AvgIpc) is 2.06. The van der Waals surface area contributed by atoms with Gasteiger partial charge in [-0.15, -0.1) is 0 Å². The monoisotopic (exact) mass is 226 g/mol. The molecule has 0 aliphatic carbocycles. The minimum atomic E-state index is 0.162. The highest BCUT2D eigenvalue weighted by atomic mass is 79.9. The Kier molecular flexibility index (Phi) is 3.50. The zero-order valence-electron chi connectivity index (χ0n) is 6.76. The maximum atomic E-state index is 8.68. The lowest BCUT2D eigenvalue weighted by molar-refractivity contribution is 0.305. The zero-order valence-corrected chi connectivity index (χ0v) is 8.34. The van der Waals surface area contributed by atoms with Gasteiger partial charge in [0.25, 0.3) is 0 Å². The fraction of sp³-hybridized carbons (Fsp3) is 0.200. The van der Waals surface area contributed by atoms with Crippen molar-refractivity contribution in [1.29, 1.82) is 0 Å². The summed E-state index contributed by atoms with van der Waals surface area (Å²) in [5.74, 6) is 0. The van der Waals surface area contributed by atoms with Crippen molar-refractivity contribution in [3.05, 3.63) is 40.9 Å². The predicted octanol–water partition coefficient (Wildman–Crippen LogP) is 2.84. The highest BCUT2D eigenvalue weighted by molar-refractivity contribution is 9.10. The lowest BCUT2D eigenvalue weighted by atomic mass is 10.1. The first-order valence-electron chi connectivity index (χ1n) is 3.78. The van der Waals surface area contributed by atoms with Gasteiger partial charge in [-0.1, -0.05) is 34.6 Å². The van der Waals surface area contributed by atoms with Crippen LogP contribution in [0.15, 0.2) is 35.3 Å². The molecular formula is C10H11BrO. The number of benzene rings is 1. The Morgan fingerprint density at radius 1 is 1.33 bits per heavy atom. The fourth-order valence-electron chi connectivity index (χ4n) is 0.965. The molecule has 0 fully saturated rings. The Labute approximate surface area is 80.9 Å². The van der Waals surface area contributed by atoms with Crippen molar-refractivity contribution in [3.63, 3.8) is 0 Å². The third-order valence-electron chi connectivity index (χ3n) is 1.67. The van der Waals surface area contributed by atoms with Gasteiger partial charge in [0.2, 0.25) is 0 Å². The van der Waals surface area contributed by atoms with E-state index in [0.29, 0.717) is 6.42 Å². The smallest absolute Gasteiger partial charge is 0.0471 e. The second-order valence-electron chi connectivity index (χ2n) is 2.58. The Morgan fingerprint density at radius 3 is 2.42 bits per heavy atom. The van der Waals surface area contributed by atoms with E-state index in [0.717, 1.165) is 15.6 Å². The van der Waals surface area contributed by atoms with Gasteiger partial charge in [0, 0.05) is 11.1 Å². The molecule has 1 aromatic carbocycles. The van der Waals surface area contributed by atoms with Crippen LogP contribution in [0.1, 0.15) is 12.0 Å². The maximum Gasteiger partial charge on any atom is 0.0471 e. The molecule has 0 bridgehead atoms. The van der Waals surface area contributed by atoms with Gasteiger partial charge in [-0.05, 0) is 29.7 Å². The van der Waals surface area contributed by atoms with Crippen molar-refractivity contribution >= 4 is 21.5 Å². The minimum absolute atomic E-state index is 0.162. The van der Waals surface area contributed by atoms with E-state index in [-0.39, 0.29) is 6.61 Å². The van der Waals surface area contributed by atoms with Crippen molar-refractivity contribution in [2.24, 2.45) is 0 Å². The molecule has 64 valence electrons. The van der Waals surface area contributed by atoms with Crippen molar-refractivity contribution in [3.8, 4) is 0 Å². The minimum Gasteiger partial charge on any atom is -0.396 e. The van der Waals surface area contributed by atoms with Crippen LogP contribution in [-0.4, -0.2) is 11.7 Å². The van der Waals surface area contributed by atoms with Crippen LogP contribution in [-0.2, 0) is 0 Å². The van der Waals surface area contributed by atoms with Gasteiger partial charge in [-0.3, -0.25) is 0 Å². The van der Waals surface area contributed by atoms with Gasteiger partial charge in [0.05, 0.1) is 0 Å². The summed E-state index contributed by atoms with van der Waals surface area (Å²) in [6, 6.07) is 7.92. The predicted molar refractivity (Wildman–Crippen MR) is 54.9 cm³/mol. The normalized spacial score (nSPS) is 9.83. The number of hydrogen-bond acceptors (Lipinski definition) is 1. The summed E-state index contributed by atoms with van der Waals surface area (Å²) < 4.78 is 1.06. The van der Waals surface area contributed by atoms with E-state index in [1.54, 1.807) is 0 Å². The fourth-order valence-corrected chi connectivity index (χ4v) is 1.23. The molecule has 1 N–H and O–H groups in total. The lowest BCUT2D eigenvalue weighted by Crippen LogP contribution is -1.86. The van der Waals surface area contributed by atoms with Gasteiger partial charge in [-0.2, -0.15) is 0 Å². The molecule has 0 heterocycles. The van der Waals surface area contributed by atoms with E-state index in [1.807, 2.05) is 24.3 Å². The van der Waals surface area contributed by atoms with Gasteiger partial charge in [0.1, 0.15) is 0 Å². The van der Waals surface area contributed by atoms with E-state index in [4.69, 9.17) is 5.11 Å². The summed E-state index contributed by atoms with van der Waals surface area (Å²) >= 11 is 3.35. The van der Waals surface area contributed by atoms with Gasteiger partial charge in [-0.25, -0.2) is 0 Å². The molecule has 2 heteroatoms. The standard InChI is InChI=1S/C10H11BrO/c1-8(6-7-12)9-2-4-10(11)5-3-9/h2-5,12H,1,6-7H2. The lowest BCUT2D eigenvalue weighted by Gasteiger charge is -2.02. The van der Waals surface area contributed by atoms with Gasteiger partial charge >= 0.3 is 0 Å². The summed E-state index contributed by atoms with van der Waals surface area (Å²) in [6.45, 7) is 4.03. The van der Waals surface area contributed by atoms with Gasteiger partial charge in [0.15, 0.2) is 0 Å². The van der Waals surface area contributed by atoms with Crippen LogP contribution < -0.4 is 0 Å². The highest BCUT2D eigenvalue weighted by Gasteiger charge is 1.96. The Morgan fingerprint density at radius 2 is 1.92 bits per heavy atom. The highest BCUT2D eigenvalue weighted by Crippen LogP contribution is 2.18. The van der Waals surface area contributed by atoms with Crippen LogP contribution in [0.2, 0.25) is 0 Å². The number of hydrogen-bond donors (Lipinski definition) is 1. The number of halogens is 1. The second kappa shape index (κ2) is 4.43. The molecule has 0 aliphatic heterocycles. The molecular weight excluding hydrogens is 216 g/mol. The summed E-state index contributed by atoms with van der Waals surface area (Å²) in [5, 5.41) is 8.68. The molecule has 12 heavy (non-hydrogen) atoms. The maximum absolute atomic E-state index is 8.68. The largest absolute Gasteiger partial charge is 0.396 e. The molecule has 0 saturated carbocycles. The molecule has 0 spiro atoms. The first kappa shape index (κ1) is 9.49. The molecule has 0 saturated heterocycles. The van der Waals surface area contributed by atoms with Crippen LogP contribution in [0.25, 0.3) is 5.57 Å². The second-order valence-corrected chi connectivity index (χ2v) is 3.50. The Balaban J connectivity index is 2.75. The summed E-state index contributed by atoms with van der Waals surface area (Å²) in [6.07, 6.45) is 0.641. The SMILES string of the molecule is C=C(CCO)c1ccc(Br)cc1. The summed E-state index contributed by atoms with van der Waals surface area (Å²) in [5.41, 5.74) is 2.07. The summed E-state index contributed by atoms with van der Waals surface area (Å²) in [7, 11) is 0. The number of rotatable bonds is 3. The quantitative estimate of drug-likeness (QED) is 0.841. The number of aliphatic hydroxyl groups is 1. The van der Waals surface area contributed by atoms with E-state index in [9.17, 15) is 0 Å².